The molecule has 19 heavy (non-hydrogen) atoms. The first-order chi connectivity index (χ1) is 9.15. The Bertz CT molecular complexity index is 638. The Morgan fingerprint density at radius 1 is 1.32 bits per heavy atom. The Kier molecular flexibility index (Phi) is 3.33. The van der Waals surface area contributed by atoms with Gasteiger partial charge in [0, 0.05) is 27.1 Å². The van der Waals surface area contributed by atoms with Crippen molar-refractivity contribution < 1.29 is 4.79 Å². The largest absolute Gasteiger partial charge is 0.399 e. The van der Waals surface area contributed by atoms with E-state index in [-0.39, 0.29) is 5.91 Å². The highest BCUT2D eigenvalue weighted by molar-refractivity contribution is 9.10. The van der Waals surface area contributed by atoms with Gasteiger partial charge in [-0.1, -0.05) is 0 Å². The summed E-state index contributed by atoms with van der Waals surface area (Å²) in [5.41, 5.74) is 8.72. The van der Waals surface area contributed by atoms with Crippen molar-refractivity contribution in [1.29, 1.82) is 0 Å². The van der Waals surface area contributed by atoms with Crippen LogP contribution in [0.15, 0.2) is 34.1 Å². The van der Waals surface area contributed by atoms with Crippen LogP contribution in [0.4, 0.5) is 11.4 Å². The molecule has 3 nitrogen and oxygen atoms in total. The predicted octanol–water partition coefficient (Wildman–Crippen LogP) is 3.57. The number of hydrogen-bond acceptors (Lipinski definition) is 3. The number of thiophene rings is 1. The van der Waals surface area contributed by atoms with Crippen molar-refractivity contribution in [2.45, 2.75) is 19.4 Å². The summed E-state index contributed by atoms with van der Waals surface area (Å²) < 4.78 is 1.06. The molecule has 1 aromatic carbocycles. The third-order valence-electron chi connectivity index (χ3n) is 3.30. The fourth-order valence-corrected chi connectivity index (χ4v) is 3.80. The molecule has 2 heterocycles. The van der Waals surface area contributed by atoms with Gasteiger partial charge in [-0.15, -0.1) is 11.3 Å². The second-order valence-corrected chi connectivity index (χ2v) is 6.41. The molecule has 2 aromatic rings. The molecule has 98 valence electrons. The van der Waals surface area contributed by atoms with Crippen LogP contribution >= 0.6 is 27.3 Å². The maximum atomic E-state index is 12.2. The average Bonchev–Trinajstić information content (AvgIpc) is 2.78. The number of benzene rings is 1. The van der Waals surface area contributed by atoms with E-state index in [4.69, 9.17) is 5.73 Å². The molecule has 0 atom stereocenters. The number of fused-ring (bicyclic) bond motifs is 1. The van der Waals surface area contributed by atoms with Crippen LogP contribution in [0, 0.1) is 0 Å². The quantitative estimate of drug-likeness (QED) is 0.852. The molecule has 0 radical (unpaired) electrons. The van der Waals surface area contributed by atoms with Crippen LogP contribution < -0.4 is 10.6 Å². The molecule has 0 bridgehead atoms. The highest BCUT2D eigenvalue weighted by Crippen LogP contribution is 2.33. The van der Waals surface area contributed by atoms with Crippen molar-refractivity contribution in [3.05, 3.63) is 44.6 Å². The molecule has 1 aliphatic heterocycles. The van der Waals surface area contributed by atoms with Gasteiger partial charge in [0.2, 0.25) is 5.91 Å². The van der Waals surface area contributed by atoms with Gasteiger partial charge < -0.3 is 10.6 Å². The lowest BCUT2D eigenvalue weighted by atomic mass is 10.0. The van der Waals surface area contributed by atoms with Crippen LogP contribution in [0.1, 0.15) is 16.9 Å². The second-order valence-electron chi connectivity index (χ2n) is 4.56. The number of aryl methyl sites for hydroxylation is 1. The summed E-state index contributed by atoms with van der Waals surface area (Å²) in [7, 11) is 0. The maximum Gasteiger partial charge on any atom is 0.227 e. The van der Waals surface area contributed by atoms with E-state index in [9.17, 15) is 4.79 Å². The fraction of sp³-hybridized carbons (Fsp3) is 0.214. The SMILES string of the molecule is Nc1ccc2c(c1)CCC(=O)N2Cc1sccc1Br. The van der Waals surface area contributed by atoms with Crippen molar-refractivity contribution in [2.75, 3.05) is 10.6 Å². The minimum absolute atomic E-state index is 0.178. The molecule has 0 fully saturated rings. The molecule has 0 aliphatic carbocycles. The summed E-state index contributed by atoms with van der Waals surface area (Å²) in [4.78, 5) is 15.2. The van der Waals surface area contributed by atoms with Gasteiger partial charge in [0.15, 0.2) is 0 Å². The monoisotopic (exact) mass is 336 g/mol. The van der Waals surface area contributed by atoms with Crippen molar-refractivity contribution in [3.8, 4) is 0 Å². The number of nitrogens with zero attached hydrogens (tertiary/aromatic N) is 1. The first-order valence-electron chi connectivity index (χ1n) is 6.06. The lowest BCUT2D eigenvalue weighted by Crippen LogP contribution is -2.34. The standard InChI is InChI=1S/C14H13BrN2OS/c15-11-5-6-19-13(11)8-17-12-3-2-10(16)7-9(12)1-4-14(17)18/h2-3,5-7H,1,4,8,16H2. The van der Waals surface area contributed by atoms with Crippen LogP contribution in [0.25, 0.3) is 0 Å². The summed E-state index contributed by atoms with van der Waals surface area (Å²) >= 11 is 5.17. The normalized spacial score (nSPS) is 14.6. The van der Waals surface area contributed by atoms with E-state index in [0.29, 0.717) is 13.0 Å². The molecule has 1 amide bonds. The molecule has 1 aromatic heterocycles. The van der Waals surface area contributed by atoms with Gasteiger partial charge in [-0.25, -0.2) is 0 Å². The minimum atomic E-state index is 0.178. The van der Waals surface area contributed by atoms with Gasteiger partial charge in [0.05, 0.1) is 6.54 Å². The van der Waals surface area contributed by atoms with E-state index < -0.39 is 0 Å². The van der Waals surface area contributed by atoms with E-state index in [1.54, 1.807) is 11.3 Å². The number of rotatable bonds is 2. The van der Waals surface area contributed by atoms with Crippen LogP contribution in [0.3, 0.4) is 0 Å². The van der Waals surface area contributed by atoms with Crippen LogP contribution in [-0.2, 0) is 17.8 Å². The maximum absolute atomic E-state index is 12.2. The van der Waals surface area contributed by atoms with Gasteiger partial charge in [-0.3, -0.25) is 4.79 Å². The van der Waals surface area contributed by atoms with Crippen molar-refractivity contribution in [2.24, 2.45) is 0 Å². The molecule has 2 N–H and O–H groups in total. The molecule has 5 heteroatoms. The smallest absolute Gasteiger partial charge is 0.227 e. The summed E-state index contributed by atoms with van der Waals surface area (Å²) in [6.07, 6.45) is 1.33. The Morgan fingerprint density at radius 3 is 2.89 bits per heavy atom. The number of carbonyl (C=O) groups is 1. The van der Waals surface area contributed by atoms with Gasteiger partial charge in [0.1, 0.15) is 0 Å². The number of hydrogen-bond donors (Lipinski definition) is 1. The topological polar surface area (TPSA) is 46.3 Å². The summed E-state index contributed by atoms with van der Waals surface area (Å²) in [5.74, 6) is 0.178. The zero-order chi connectivity index (χ0) is 13.4. The summed E-state index contributed by atoms with van der Waals surface area (Å²) in [5, 5.41) is 2.03. The first-order valence-corrected chi connectivity index (χ1v) is 7.73. The first kappa shape index (κ1) is 12.7. The van der Waals surface area contributed by atoms with Crippen molar-refractivity contribution in [3.63, 3.8) is 0 Å². The van der Waals surface area contributed by atoms with Crippen molar-refractivity contribution in [1.82, 2.24) is 0 Å². The van der Waals surface area contributed by atoms with Crippen LogP contribution in [0.5, 0.6) is 0 Å². The van der Waals surface area contributed by atoms with Gasteiger partial charge >= 0.3 is 0 Å². The van der Waals surface area contributed by atoms with Crippen LogP contribution in [-0.4, -0.2) is 5.91 Å². The van der Waals surface area contributed by atoms with Gasteiger partial charge in [-0.05, 0) is 57.6 Å². The average molecular weight is 337 g/mol. The number of carbonyl (C=O) groups excluding carboxylic acids is 1. The Hall–Kier alpha value is -1.33. The minimum Gasteiger partial charge on any atom is -0.399 e. The summed E-state index contributed by atoms with van der Waals surface area (Å²) in [6.45, 7) is 0.619. The highest BCUT2D eigenvalue weighted by atomic mass is 79.9. The zero-order valence-corrected chi connectivity index (χ0v) is 12.6. The molecule has 1 aliphatic rings. The number of amides is 1. The van der Waals surface area contributed by atoms with Crippen LogP contribution in [0.2, 0.25) is 0 Å². The lowest BCUT2D eigenvalue weighted by Gasteiger charge is -2.29. The molecular weight excluding hydrogens is 324 g/mol. The molecule has 0 saturated carbocycles. The lowest BCUT2D eigenvalue weighted by molar-refractivity contribution is -0.119. The number of halogens is 1. The third kappa shape index (κ3) is 2.40. The molecule has 0 saturated heterocycles. The summed E-state index contributed by atoms with van der Waals surface area (Å²) in [6, 6.07) is 7.79. The van der Waals surface area contributed by atoms with Gasteiger partial charge in [0.25, 0.3) is 0 Å². The fourth-order valence-electron chi connectivity index (χ4n) is 2.33. The number of anilines is 2. The van der Waals surface area contributed by atoms with E-state index >= 15 is 0 Å². The van der Waals surface area contributed by atoms with E-state index in [2.05, 4.69) is 15.9 Å². The Labute approximate surface area is 124 Å². The van der Waals surface area contributed by atoms with E-state index in [1.807, 2.05) is 34.5 Å². The Morgan fingerprint density at radius 2 is 2.16 bits per heavy atom. The van der Waals surface area contributed by atoms with E-state index in [1.165, 1.54) is 0 Å². The molecule has 0 unspecified atom stereocenters. The van der Waals surface area contributed by atoms with E-state index in [0.717, 1.165) is 32.7 Å². The molecular formula is C14H13BrN2OS. The van der Waals surface area contributed by atoms with Gasteiger partial charge in [-0.2, -0.15) is 0 Å². The molecule has 3 rings (SSSR count). The second kappa shape index (κ2) is 4.98. The molecule has 0 spiro atoms. The highest BCUT2D eigenvalue weighted by Gasteiger charge is 2.25. The Balaban J connectivity index is 1.97. The number of nitrogen functional groups attached to an aromatic ring is 1. The predicted molar refractivity (Wildman–Crippen MR) is 82.4 cm³/mol. The third-order valence-corrected chi connectivity index (χ3v) is 5.21. The zero-order valence-electron chi connectivity index (χ0n) is 10.2. The number of nitrogens with two attached hydrogens (primary N) is 1. The van der Waals surface area contributed by atoms with Crippen molar-refractivity contribution >= 4 is 44.5 Å².